The van der Waals surface area contributed by atoms with E-state index in [0.717, 1.165) is 70.6 Å². The van der Waals surface area contributed by atoms with Crippen LogP contribution in [0.15, 0.2) is 36.5 Å². The highest BCUT2D eigenvalue weighted by Crippen LogP contribution is 2.13. The van der Waals surface area contributed by atoms with E-state index in [4.69, 9.17) is 18.9 Å². The highest BCUT2D eigenvalue weighted by atomic mass is 16.7. The molecule has 0 aromatic rings. The maximum absolute atomic E-state index is 12.7. The number of carboxylic acid groups (broad SMARTS) is 1. The smallest absolute Gasteiger partial charge is 0.361 e. The summed E-state index contributed by atoms with van der Waals surface area (Å²) in [5.74, 6) is -2.03. The van der Waals surface area contributed by atoms with E-state index in [1.165, 1.54) is 64.2 Å². The maximum Gasteiger partial charge on any atom is 0.361 e. The predicted molar refractivity (Wildman–Crippen MR) is 217 cm³/mol. The Morgan fingerprint density at radius 2 is 1.02 bits per heavy atom. The first kappa shape index (κ1) is 50.5. The molecule has 9 heteroatoms. The van der Waals surface area contributed by atoms with Crippen molar-refractivity contribution >= 4 is 17.9 Å². The van der Waals surface area contributed by atoms with Crippen LogP contribution in [0.1, 0.15) is 168 Å². The SMILES string of the molecule is CCCCCCC/C=C\C/C=C\C/C=C\CCCCCCCCCCC(=O)OC(COC(=O)CCCCCCC)COC(OCC[N+](C)(C)C)C(=O)O. The Hall–Kier alpha value is -2.49. The van der Waals surface area contributed by atoms with Gasteiger partial charge in [-0.05, 0) is 51.4 Å². The fourth-order valence-electron chi connectivity index (χ4n) is 5.55. The van der Waals surface area contributed by atoms with Crippen molar-refractivity contribution in [3.63, 3.8) is 0 Å². The number of allylic oxidation sites excluding steroid dienone is 6. The molecular weight excluding hydrogens is 670 g/mol. The standard InChI is InChI=1S/C44H79NO8/c1-6-8-10-12-13-14-15-16-17-18-19-20-21-22-23-24-25-26-27-28-29-31-33-35-42(47)53-40(38-51-41(46)34-32-30-11-9-7-2)39-52-44(43(48)49)50-37-36-45(3,4)5/h15-16,18-19,21-22,40,44H,6-14,17,20,23-39H2,1-5H3/p+1/b16-15-,19-18-,22-21-. The van der Waals surface area contributed by atoms with E-state index in [0.29, 0.717) is 23.9 Å². The van der Waals surface area contributed by atoms with Gasteiger partial charge in [-0.3, -0.25) is 9.59 Å². The van der Waals surface area contributed by atoms with Gasteiger partial charge in [0.15, 0.2) is 6.10 Å². The third kappa shape index (κ3) is 37.6. The van der Waals surface area contributed by atoms with Gasteiger partial charge in [0, 0.05) is 12.8 Å². The van der Waals surface area contributed by atoms with Gasteiger partial charge < -0.3 is 28.5 Å². The Morgan fingerprint density at radius 3 is 1.51 bits per heavy atom. The minimum atomic E-state index is -1.51. The minimum absolute atomic E-state index is 0.186. The number of hydrogen-bond acceptors (Lipinski definition) is 7. The van der Waals surface area contributed by atoms with E-state index in [2.05, 4.69) is 50.3 Å². The summed E-state index contributed by atoms with van der Waals surface area (Å²) in [6, 6.07) is 0. The number of quaternary nitrogens is 1. The quantitative estimate of drug-likeness (QED) is 0.0218. The lowest BCUT2D eigenvalue weighted by Crippen LogP contribution is -2.40. The molecule has 0 heterocycles. The Balaban J connectivity index is 4.25. The van der Waals surface area contributed by atoms with Crippen LogP contribution in [0.3, 0.4) is 0 Å². The van der Waals surface area contributed by atoms with Crippen LogP contribution in [-0.2, 0) is 33.3 Å². The zero-order valence-corrected chi connectivity index (χ0v) is 34.7. The second kappa shape index (κ2) is 36.5. The number of nitrogens with zero attached hydrogens (tertiary/aromatic N) is 1. The van der Waals surface area contributed by atoms with Gasteiger partial charge in [-0.2, -0.15) is 0 Å². The molecule has 2 atom stereocenters. The van der Waals surface area contributed by atoms with Crippen LogP contribution in [0.5, 0.6) is 0 Å². The lowest BCUT2D eigenvalue weighted by atomic mass is 10.1. The summed E-state index contributed by atoms with van der Waals surface area (Å²) < 4.78 is 22.5. The molecule has 308 valence electrons. The number of carboxylic acids is 1. The van der Waals surface area contributed by atoms with Crippen LogP contribution in [0, 0.1) is 0 Å². The van der Waals surface area contributed by atoms with Crippen LogP contribution in [0.4, 0.5) is 0 Å². The largest absolute Gasteiger partial charge is 0.477 e. The lowest BCUT2D eigenvalue weighted by molar-refractivity contribution is -0.870. The van der Waals surface area contributed by atoms with Crippen molar-refractivity contribution in [2.75, 3.05) is 47.5 Å². The van der Waals surface area contributed by atoms with Crippen molar-refractivity contribution in [3.05, 3.63) is 36.5 Å². The van der Waals surface area contributed by atoms with Crippen LogP contribution >= 0.6 is 0 Å². The number of likely N-dealkylation sites (N-methyl/N-ethyl adjacent to an activating group) is 1. The van der Waals surface area contributed by atoms with Crippen LogP contribution < -0.4 is 0 Å². The zero-order chi connectivity index (χ0) is 39.3. The van der Waals surface area contributed by atoms with Crippen molar-refractivity contribution in [2.24, 2.45) is 0 Å². The molecule has 0 aliphatic rings. The summed E-state index contributed by atoms with van der Waals surface area (Å²) >= 11 is 0. The lowest BCUT2D eigenvalue weighted by Gasteiger charge is -2.25. The summed E-state index contributed by atoms with van der Waals surface area (Å²) in [7, 11) is 5.93. The Kier molecular flexibility index (Phi) is 34.8. The van der Waals surface area contributed by atoms with Gasteiger partial charge in [0.25, 0.3) is 6.29 Å². The number of aliphatic carboxylic acids is 1. The van der Waals surface area contributed by atoms with Crippen molar-refractivity contribution < 1.29 is 42.9 Å². The molecule has 9 nitrogen and oxygen atoms in total. The average molecular weight is 751 g/mol. The number of esters is 2. The Labute approximate surface area is 324 Å². The summed E-state index contributed by atoms with van der Waals surface area (Å²) in [4.78, 5) is 36.7. The van der Waals surface area contributed by atoms with Gasteiger partial charge in [-0.25, -0.2) is 4.79 Å². The van der Waals surface area contributed by atoms with Crippen molar-refractivity contribution in [2.45, 2.75) is 180 Å². The van der Waals surface area contributed by atoms with Crippen molar-refractivity contribution in [1.82, 2.24) is 0 Å². The molecule has 53 heavy (non-hydrogen) atoms. The number of carbonyl (C=O) groups excluding carboxylic acids is 2. The number of carbonyl (C=O) groups is 3. The fraction of sp³-hybridized carbons (Fsp3) is 0.795. The number of rotatable bonds is 38. The maximum atomic E-state index is 12.7. The molecule has 0 radical (unpaired) electrons. The number of ether oxygens (including phenoxy) is 4. The summed E-state index contributed by atoms with van der Waals surface area (Å²) in [5, 5.41) is 9.56. The average Bonchev–Trinajstić information content (AvgIpc) is 3.11. The van der Waals surface area contributed by atoms with Crippen molar-refractivity contribution in [1.29, 1.82) is 0 Å². The zero-order valence-electron chi connectivity index (χ0n) is 34.7. The van der Waals surface area contributed by atoms with Crippen LogP contribution in [-0.4, -0.2) is 87.4 Å². The van der Waals surface area contributed by atoms with E-state index < -0.39 is 24.3 Å². The predicted octanol–water partition coefficient (Wildman–Crippen LogP) is 10.7. The third-order valence-corrected chi connectivity index (χ3v) is 8.90. The molecule has 0 saturated carbocycles. The molecule has 0 spiro atoms. The summed E-state index contributed by atoms with van der Waals surface area (Å²) in [5.41, 5.74) is 0. The minimum Gasteiger partial charge on any atom is -0.477 e. The highest BCUT2D eigenvalue weighted by molar-refractivity contribution is 5.71. The summed E-state index contributed by atoms with van der Waals surface area (Å²) in [6.07, 6.45) is 36.8. The first-order chi connectivity index (χ1) is 25.6. The molecular formula is C44H80NO8+. The molecule has 0 fully saturated rings. The molecule has 0 saturated heterocycles. The van der Waals surface area contributed by atoms with Gasteiger partial charge >= 0.3 is 17.9 Å². The highest BCUT2D eigenvalue weighted by Gasteiger charge is 2.25. The second-order valence-electron chi connectivity index (χ2n) is 15.3. The third-order valence-electron chi connectivity index (χ3n) is 8.90. The monoisotopic (exact) mass is 751 g/mol. The van der Waals surface area contributed by atoms with Crippen LogP contribution in [0.25, 0.3) is 0 Å². The molecule has 2 unspecified atom stereocenters. The molecule has 0 aromatic carbocycles. The fourth-order valence-corrected chi connectivity index (χ4v) is 5.55. The van der Waals surface area contributed by atoms with E-state index in [1.807, 2.05) is 21.1 Å². The van der Waals surface area contributed by atoms with Gasteiger partial charge in [-0.15, -0.1) is 0 Å². The Bertz CT molecular complexity index is 971. The molecule has 0 amide bonds. The Morgan fingerprint density at radius 1 is 0.566 bits per heavy atom. The normalized spacial score (nSPS) is 13.3. The van der Waals surface area contributed by atoms with E-state index in [9.17, 15) is 19.5 Å². The number of hydrogen-bond donors (Lipinski definition) is 1. The molecule has 0 rings (SSSR count). The first-order valence-electron chi connectivity index (χ1n) is 21.2. The number of unbranched alkanes of at least 4 members (excludes halogenated alkanes) is 17. The first-order valence-corrected chi connectivity index (χ1v) is 21.2. The van der Waals surface area contributed by atoms with E-state index in [-0.39, 0.29) is 32.2 Å². The topological polar surface area (TPSA) is 108 Å². The van der Waals surface area contributed by atoms with E-state index >= 15 is 0 Å². The van der Waals surface area contributed by atoms with Gasteiger partial charge in [0.05, 0.1) is 34.4 Å². The van der Waals surface area contributed by atoms with Gasteiger partial charge in [0.1, 0.15) is 13.2 Å². The molecule has 0 aliphatic carbocycles. The molecule has 0 aromatic heterocycles. The van der Waals surface area contributed by atoms with E-state index in [1.54, 1.807) is 0 Å². The van der Waals surface area contributed by atoms with Crippen molar-refractivity contribution in [3.8, 4) is 0 Å². The van der Waals surface area contributed by atoms with Gasteiger partial charge in [-0.1, -0.05) is 140 Å². The molecule has 1 N–H and O–H groups in total. The second-order valence-corrected chi connectivity index (χ2v) is 15.3. The molecule has 0 aliphatic heterocycles. The van der Waals surface area contributed by atoms with Crippen LogP contribution in [0.2, 0.25) is 0 Å². The summed E-state index contributed by atoms with van der Waals surface area (Å²) in [6.45, 7) is 4.74. The molecule has 0 bridgehead atoms. The van der Waals surface area contributed by atoms with Gasteiger partial charge in [0.2, 0.25) is 0 Å².